The van der Waals surface area contributed by atoms with Gasteiger partial charge in [-0.05, 0) is 6.92 Å². The normalized spacial score (nSPS) is 23.6. The summed E-state index contributed by atoms with van der Waals surface area (Å²) in [6, 6.07) is 0. The van der Waals surface area contributed by atoms with Crippen LogP contribution in [0.2, 0.25) is 0 Å². The fourth-order valence-electron chi connectivity index (χ4n) is 1.14. The molecule has 0 aliphatic carbocycles. The summed E-state index contributed by atoms with van der Waals surface area (Å²) in [5.41, 5.74) is -0.848. The van der Waals surface area contributed by atoms with Gasteiger partial charge in [-0.1, -0.05) is 0 Å². The Hall–Kier alpha value is 0.160. The second-order valence-electron chi connectivity index (χ2n) is 3.27. The van der Waals surface area contributed by atoms with Gasteiger partial charge in [-0.3, -0.25) is 0 Å². The maximum absolute atomic E-state index is 11.2. The Labute approximate surface area is 77.2 Å². The molecule has 0 bridgehead atoms. The standard InChI is InChI=1S/C6H12ClNO3S/c1-6(9)4-8(5-6)12(10,11)3-2-7/h9H,2-5H2,1H3. The van der Waals surface area contributed by atoms with Crippen LogP contribution in [0.5, 0.6) is 0 Å². The average molecular weight is 214 g/mol. The first kappa shape index (κ1) is 10.2. The molecule has 4 nitrogen and oxygen atoms in total. The van der Waals surface area contributed by atoms with E-state index in [1.165, 1.54) is 4.31 Å². The molecule has 0 aromatic rings. The van der Waals surface area contributed by atoms with E-state index in [2.05, 4.69) is 0 Å². The third kappa shape index (κ3) is 2.10. The van der Waals surface area contributed by atoms with Crippen molar-refractivity contribution in [3.8, 4) is 0 Å². The van der Waals surface area contributed by atoms with Crippen LogP contribution in [0.3, 0.4) is 0 Å². The first-order valence-corrected chi connectivity index (χ1v) is 5.78. The summed E-state index contributed by atoms with van der Waals surface area (Å²) in [7, 11) is -3.20. The molecule has 6 heteroatoms. The summed E-state index contributed by atoms with van der Waals surface area (Å²) in [6.45, 7) is 1.98. The van der Waals surface area contributed by atoms with Gasteiger partial charge >= 0.3 is 0 Å². The predicted molar refractivity (Wildman–Crippen MR) is 46.7 cm³/mol. The molecule has 0 amide bonds. The average Bonchev–Trinajstić information content (AvgIpc) is 1.82. The SMILES string of the molecule is CC1(O)CN(S(=O)(=O)CCCl)C1. The molecule has 0 aromatic heterocycles. The zero-order valence-corrected chi connectivity index (χ0v) is 8.40. The lowest BCUT2D eigenvalue weighted by Crippen LogP contribution is -2.62. The lowest BCUT2D eigenvalue weighted by Gasteiger charge is -2.42. The first-order chi connectivity index (χ1) is 5.37. The van der Waals surface area contributed by atoms with Crippen LogP contribution >= 0.6 is 11.6 Å². The highest BCUT2D eigenvalue weighted by Gasteiger charge is 2.42. The number of hydrogen-bond acceptors (Lipinski definition) is 3. The summed E-state index contributed by atoms with van der Waals surface area (Å²) < 4.78 is 23.7. The van der Waals surface area contributed by atoms with E-state index in [0.717, 1.165) is 0 Å². The fraction of sp³-hybridized carbons (Fsp3) is 1.00. The van der Waals surface area contributed by atoms with Crippen LogP contribution < -0.4 is 0 Å². The van der Waals surface area contributed by atoms with Gasteiger partial charge in [0.2, 0.25) is 10.0 Å². The molecule has 12 heavy (non-hydrogen) atoms. The molecule has 1 rings (SSSR count). The monoisotopic (exact) mass is 213 g/mol. The number of aliphatic hydroxyl groups is 1. The van der Waals surface area contributed by atoms with Crippen LogP contribution in [-0.2, 0) is 10.0 Å². The third-order valence-electron chi connectivity index (χ3n) is 1.76. The van der Waals surface area contributed by atoms with Gasteiger partial charge in [0.1, 0.15) is 0 Å². The molecule has 0 saturated carbocycles. The van der Waals surface area contributed by atoms with Gasteiger partial charge in [-0.2, -0.15) is 4.31 Å². The second-order valence-corrected chi connectivity index (χ2v) is 5.74. The van der Waals surface area contributed by atoms with Crippen molar-refractivity contribution in [3.05, 3.63) is 0 Å². The van der Waals surface area contributed by atoms with Crippen LogP contribution in [0.1, 0.15) is 6.92 Å². The molecular formula is C6H12ClNO3S. The minimum Gasteiger partial charge on any atom is -0.387 e. The van der Waals surface area contributed by atoms with E-state index in [0.29, 0.717) is 0 Å². The molecule has 0 radical (unpaired) electrons. The molecule has 0 spiro atoms. The number of alkyl halides is 1. The molecule has 72 valence electrons. The molecule has 1 N–H and O–H groups in total. The van der Waals surface area contributed by atoms with E-state index in [-0.39, 0.29) is 24.7 Å². The molecule has 0 unspecified atom stereocenters. The smallest absolute Gasteiger partial charge is 0.215 e. The molecule has 1 aliphatic rings. The first-order valence-electron chi connectivity index (χ1n) is 3.64. The van der Waals surface area contributed by atoms with Crippen molar-refractivity contribution in [3.63, 3.8) is 0 Å². The Morgan fingerprint density at radius 1 is 1.58 bits per heavy atom. The third-order valence-corrected chi connectivity index (χ3v) is 3.94. The Balaban J connectivity index is 2.53. The van der Waals surface area contributed by atoms with Crippen molar-refractivity contribution in [1.29, 1.82) is 0 Å². The van der Waals surface area contributed by atoms with Crippen LogP contribution in [0.4, 0.5) is 0 Å². The molecule has 0 atom stereocenters. The molecule has 1 heterocycles. The Morgan fingerprint density at radius 2 is 2.08 bits per heavy atom. The van der Waals surface area contributed by atoms with Gasteiger partial charge in [0.25, 0.3) is 0 Å². The molecule has 1 fully saturated rings. The number of rotatable bonds is 3. The fourth-order valence-corrected chi connectivity index (χ4v) is 3.12. The summed E-state index contributed by atoms with van der Waals surface area (Å²) in [6.07, 6.45) is 0. The zero-order chi connectivity index (χ0) is 9.41. The topological polar surface area (TPSA) is 57.6 Å². The van der Waals surface area contributed by atoms with Gasteiger partial charge in [0.15, 0.2) is 0 Å². The molecule has 1 saturated heterocycles. The van der Waals surface area contributed by atoms with Crippen LogP contribution in [0.15, 0.2) is 0 Å². The minimum absolute atomic E-state index is 0.0510. The second kappa shape index (κ2) is 3.14. The number of sulfonamides is 1. The summed E-state index contributed by atoms with van der Waals surface area (Å²) in [5.74, 6) is 0.0472. The lowest BCUT2D eigenvalue weighted by atomic mass is 10.0. The number of hydrogen-bond donors (Lipinski definition) is 1. The molecular weight excluding hydrogens is 202 g/mol. The lowest BCUT2D eigenvalue weighted by molar-refractivity contribution is -0.0425. The number of halogens is 1. The van der Waals surface area contributed by atoms with Crippen molar-refractivity contribution in [2.24, 2.45) is 0 Å². The Kier molecular flexibility index (Phi) is 2.68. The highest BCUT2D eigenvalue weighted by atomic mass is 35.5. The highest BCUT2D eigenvalue weighted by Crippen LogP contribution is 2.23. The van der Waals surface area contributed by atoms with Crippen LogP contribution in [-0.4, -0.2) is 48.2 Å². The Morgan fingerprint density at radius 3 is 2.42 bits per heavy atom. The highest BCUT2D eigenvalue weighted by molar-refractivity contribution is 7.89. The molecule has 1 aliphatic heterocycles. The van der Waals surface area contributed by atoms with Crippen LogP contribution in [0.25, 0.3) is 0 Å². The summed E-state index contributed by atoms with van der Waals surface area (Å²) in [5, 5.41) is 9.28. The van der Waals surface area contributed by atoms with E-state index in [1.807, 2.05) is 0 Å². The van der Waals surface area contributed by atoms with Crippen LogP contribution in [0, 0.1) is 0 Å². The maximum Gasteiger partial charge on any atom is 0.215 e. The Bertz CT molecular complexity index is 254. The van der Waals surface area contributed by atoms with Gasteiger partial charge < -0.3 is 5.11 Å². The van der Waals surface area contributed by atoms with Gasteiger partial charge in [0.05, 0.1) is 11.4 Å². The van der Waals surface area contributed by atoms with Crippen molar-refractivity contribution >= 4 is 21.6 Å². The van der Waals surface area contributed by atoms with E-state index in [4.69, 9.17) is 11.6 Å². The maximum atomic E-state index is 11.2. The summed E-state index contributed by atoms with van der Waals surface area (Å²) >= 11 is 5.31. The predicted octanol–water partition coefficient (Wildman–Crippen LogP) is -0.378. The number of β-amino-alcohol motifs (C(OH)–C–C–N with tert-alkyl or cyclic N) is 1. The van der Waals surface area contributed by atoms with Crippen molar-refractivity contribution in [2.75, 3.05) is 24.7 Å². The van der Waals surface area contributed by atoms with Gasteiger partial charge in [-0.25, -0.2) is 8.42 Å². The van der Waals surface area contributed by atoms with Gasteiger partial charge in [-0.15, -0.1) is 11.6 Å². The van der Waals surface area contributed by atoms with Crippen molar-refractivity contribution in [2.45, 2.75) is 12.5 Å². The number of nitrogens with zero attached hydrogens (tertiary/aromatic N) is 1. The molecule has 0 aromatic carbocycles. The van der Waals surface area contributed by atoms with Crippen molar-refractivity contribution < 1.29 is 13.5 Å². The van der Waals surface area contributed by atoms with Crippen molar-refractivity contribution in [1.82, 2.24) is 4.31 Å². The van der Waals surface area contributed by atoms with E-state index >= 15 is 0 Å². The minimum atomic E-state index is -3.20. The summed E-state index contributed by atoms with van der Waals surface area (Å²) in [4.78, 5) is 0. The zero-order valence-electron chi connectivity index (χ0n) is 6.83. The van der Waals surface area contributed by atoms with E-state index in [9.17, 15) is 13.5 Å². The van der Waals surface area contributed by atoms with E-state index in [1.54, 1.807) is 6.92 Å². The quantitative estimate of drug-likeness (QED) is 0.651. The van der Waals surface area contributed by atoms with E-state index < -0.39 is 15.6 Å². The van der Waals surface area contributed by atoms with Gasteiger partial charge in [0, 0.05) is 19.0 Å². The largest absolute Gasteiger partial charge is 0.387 e.